The molecule has 8 nitrogen and oxygen atoms in total. The number of halogens is 1. The lowest BCUT2D eigenvalue weighted by Crippen LogP contribution is -2.45. The number of rotatable bonds is 9. The Kier molecular flexibility index (Phi) is 7.68. The Balaban J connectivity index is 1.84. The van der Waals surface area contributed by atoms with Gasteiger partial charge in [-0.3, -0.25) is 9.59 Å². The third-order valence-corrected chi connectivity index (χ3v) is 5.26. The number of carbonyl (C=O) groups is 2. The monoisotopic (exact) mass is 423 g/mol. The summed E-state index contributed by atoms with van der Waals surface area (Å²) in [5.74, 6) is -1.27. The topological polar surface area (TPSA) is 114 Å². The summed E-state index contributed by atoms with van der Waals surface area (Å²) in [4.78, 5) is 23.1. The van der Waals surface area contributed by atoms with Gasteiger partial charge in [-0.15, -0.1) is 0 Å². The molecule has 0 aromatic heterocycles. The van der Waals surface area contributed by atoms with E-state index in [0.717, 1.165) is 0 Å². The van der Waals surface area contributed by atoms with Crippen LogP contribution in [0.3, 0.4) is 0 Å². The molecule has 1 atom stereocenters. The molecule has 2 aromatic carbocycles. The van der Waals surface area contributed by atoms with Crippen molar-refractivity contribution >= 4 is 27.5 Å². The van der Waals surface area contributed by atoms with Gasteiger partial charge in [0, 0.05) is 12.6 Å². The summed E-state index contributed by atoms with van der Waals surface area (Å²) in [6.45, 7) is 2.84. The van der Waals surface area contributed by atoms with E-state index in [1.54, 1.807) is 6.07 Å². The predicted molar refractivity (Wildman–Crippen MR) is 105 cm³/mol. The molecule has 2 amide bonds. The van der Waals surface area contributed by atoms with E-state index in [2.05, 4.69) is 15.4 Å². The summed E-state index contributed by atoms with van der Waals surface area (Å²) in [7, 11) is -3.93. The molecular formula is C19H22FN3O5S. The number of anilines is 1. The number of hydrogen-bond acceptors (Lipinski definition) is 5. The molecule has 2 aromatic rings. The molecule has 2 rings (SSSR count). The van der Waals surface area contributed by atoms with E-state index in [0.29, 0.717) is 5.69 Å². The number of nitrogens with one attached hydrogen (secondary N) is 3. The number of benzene rings is 2. The van der Waals surface area contributed by atoms with Gasteiger partial charge in [0.1, 0.15) is 6.61 Å². The van der Waals surface area contributed by atoms with Crippen LogP contribution in [0.25, 0.3) is 0 Å². The Morgan fingerprint density at radius 2 is 1.76 bits per heavy atom. The van der Waals surface area contributed by atoms with Gasteiger partial charge in [-0.2, -0.15) is 4.72 Å². The predicted octanol–water partition coefficient (Wildman–Crippen LogP) is 1.65. The molecule has 156 valence electrons. The van der Waals surface area contributed by atoms with E-state index in [-0.39, 0.29) is 29.7 Å². The van der Waals surface area contributed by atoms with Gasteiger partial charge in [0.25, 0.3) is 0 Å². The van der Waals surface area contributed by atoms with E-state index in [4.69, 9.17) is 4.74 Å². The van der Waals surface area contributed by atoms with Crippen LogP contribution in [-0.4, -0.2) is 39.4 Å². The molecule has 0 aliphatic carbocycles. The van der Waals surface area contributed by atoms with E-state index in [9.17, 15) is 22.4 Å². The summed E-state index contributed by atoms with van der Waals surface area (Å²) in [5, 5.41) is 5.05. The van der Waals surface area contributed by atoms with Gasteiger partial charge in [-0.05, 0) is 43.3 Å². The van der Waals surface area contributed by atoms with Gasteiger partial charge in [-0.1, -0.05) is 12.1 Å². The standard InChI is InChI=1S/C19H22FN3O5S/c1-13(19(25)21-11-12-28-18-6-4-3-5-17(18)20)23-29(26,27)16-9-7-15(8-10-16)22-14(2)24/h3-10,13,23H,11-12H2,1-2H3,(H,21,25)(H,22,24)/t13-/m1/s1. The lowest BCUT2D eigenvalue weighted by Gasteiger charge is -2.15. The Morgan fingerprint density at radius 3 is 2.38 bits per heavy atom. The quantitative estimate of drug-likeness (QED) is 0.531. The first-order chi connectivity index (χ1) is 13.7. The van der Waals surface area contributed by atoms with Gasteiger partial charge in [0.05, 0.1) is 17.5 Å². The molecule has 0 bridgehead atoms. The molecule has 10 heteroatoms. The van der Waals surface area contributed by atoms with Crippen LogP contribution in [0, 0.1) is 5.82 Å². The molecule has 0 aliphatic heterocycles. The van der Waals surface area contributed by atoms with Gasteiger partial charge >= 0.3 is 0 Å². The summed E-state index contributed by atoms with van der Waals surface area (Å²) < 4.78 is 45.7. The van der Waals surface area contributed by atoms with Crippen LogP contribution in [0.15, 0.2) is 53.4 Å². The van der Waals surface area contributed by atoms with E-state index >= 15 is 0 Å². The third-order valence-electron chi connectivity index (χ3n) is 3.71. The fraction of sp³-hybridized carbons (Fsp3) is 0.263. The maximum Gasteiger partial charge on any atom is 0.241 e. The molecule has 0 heterocycles. The maximum absolute atomic E-state index is 13.4. The van der Waals surface area contributed by atoms with Gasteiger partial charge in [-0.25, -0.2) is 12.8 Å². The molecule has 0 fully saturated rings. The molecule has 29 heavy (non-hydrogen) atoms. The fourth-order valence-electron chi connectivity index (χ4n) is 2.33. The second kappa shape index (κ2) is 9.99. The Labute approximate surface area is 168 Å². The Hall–Kier alpha value is -2.98. The minimum Gasteiger partial charge on any atom is -0.489 e. The van der Waals surface area contributed by atoms with Crippen molar-refractivity contribution in [3.63, 3.8) is 0 Å². The number of amides is 2. The van der Waals surface area contributed by atoms with Gasteiger partial charge < -0.3 is 15.4 Å². The highest BCUT2D eigenvalue weighted by molar-refractivity contribution is 7.89. The highest BCUT2D eigenvalue weighted by Gasteiger charge is 2.21. The minimum atomic E-state index is -3.93. The molecule has 0 aliphatic rings. The fourth-order valence-corrected chi connectivity index (χ4v) is 3.53. The van der Waals surface area contributed by atoms with Crippen molar-refractivity contribution in [3.8, 4) is 5.75 Å². The van der Waals surface area contributed by atoms with Gasteiger partial charge in [0.15, 0.2) is 11.6 Å². The van der Waals surface area contributed by atoms with Crippen LogP contribution in [0.4, 0.5) is 10.1 Å². The van der Waals surface area contributed by atoms with Crippen molar-refractivity contribution in [1.29, 1.82) is 0 Å². The van der Waals surface area contributed by atoms with Crippen LogP contribution >= 0.6 is 0 Å². The second-order valence-electron chi connectivity index (χ2n) is 6.12. The van der Waals surface area contributed by atoms with Crippen molar-refractivity contribution in [2.75, 3.05) is 18.5 Å². The molecule has 0 saturated carbocycles. The molecule has 0 unspecified atom stereocenters. The SMILES string of the molecule is CC(=O)Nc1ccc(S(=O)(=O)N[C@H](C)C(=O)NCCOc2ccccc2F)cc1. The molecule has 0 spiro atoms. The van der Waals surface area contributed by atoms with Crippen molar-refractivity contribution < 1.29 is 27.1 Å². The highest BCUT2D eigenvalue weighted by atomic mass is 32.2. The first kappa shape index (κ1) is 22.3. The molecule has 0 saturated heterocycles. The van der Waals surface area contributed by atoms with Crippen molar-refractivity contribution in [3.05, 3.63) is 54.3 Å². The summed E-state index contributed by atoms with van der Waals surface area (Å²) in [5.41, 5.74) is 0.456. The van der Waals surface area contributed by atoms with Crippen LogP contribution in [0.2, 0.25) is 0 Å². The number of para-hydroxylation sites is 1. The van der Waals surface area contributed by atoms with E-state index in [1.165, 1.54) is 56.3 Å². The summed E-state index contributed by atoms with van der Waals surface area (Å²) >= 11 is 0. The number of sulfonamides is 1. The van der Waals surface area contributed by atoms with Crippen molar-refractivity contribution in [2.24, 2.45) is 0 Å². The summed E-state index contributed by atoms with van der Waals surface area (Å²) in [6.07, 6.45) is 0. The number of ether oxygens (including phenoxy) is 1. The van der Waals surface area contributed by atoms with Crippen LogP contribution in [0.1, 0.15) is 13.8 Å². The zero-order valence-corrected chi connectivity index (χ0v) is 16.8. The zero-order valence-electron chi connectivity index (χ0n) is 15.9. The smallest absolute Gasteiger partial charge is 0.241 e. The first-order valence-electron chi connectivity index (χ1n) is 8.74. The lowest BCUT2D eigenvalue weighted by molar-refractivity contribution is -0.122. The van der Waals surface area contributed by atoms with E-state index in [1.807, 2.05) is 0 Å². The summed E-state index contributed by atoms with van der Waals surface area (Å²) in [6, 6.07) is 10.4. The van der Waals surface area contributed by atoms with E-state index < -0.39 is 27.8 Å². The second-order valence-corrected chi connectivity index (χ2v) is 7.83. The molecular weight excluding hydrogens is 401 g/mol. The zero-order chi connectivity index (χ0) is 21.4. The number of hydrogen-bond donors (Lipinski definition) is 3. The normalized spacial score (nSPS) is 12.1. The van der Waals surface area contributed by atoms with Crippen LogP contribution in [0.5, 0.6) is 5.75 Å². The average molecular weight is 423 g/mol. The third kappa shape index (κ3) is 6.84. The minimum absolute atomic E-state index is 0.0246. The van der Waals surface area contributed by atoms with Crippen LogP contribution < -0.4 is 20.1 Å². The Bertz CT molecular complexity index is 964. The highest BCUT2D eigenvalue weighted by Crippen LogP contribution is 2.15. The first-order valence-corrected chi connectivity index (χ1v) is 10.2. The van der Waals surface area contributed by atoms with Gasteiger partial charge in [0.2, 0.25) is 21.8 Å². The molecule has 3 N–H and O–H groups in total. The van der Waals surface area contributed by atoms with Crippen LogP contribution in [-0.2, 0) is 19.6 Å². The van der Waals surface area contributed by atoms with Crippen molar-refractivity contribution in [2.45, 2.75) is 24.8 Å². The largest absolute Gasteiger partial charge is 0.489 e. The average Bonchev–Trinajstić information content (AvgIpc) is 2.66. The Morgan fingerprint density at radius 1 is 1.10 bits per heavy atom. The maximum atomic E-state index is 13.4. The lowest BCUT2D eigenvalue weighted by atomic mass is 10.3. The number of carbonyl (C=O) groups excluding carboxylic acids is 2. The molecule has 0 radical (unpaired) electrons. The van der Waals surface area contributed by atoms with Crippen molar-refractivity contribution in [1.82, 2.24) is 10.0 Å².